The number of hydrogen-bond acceptors (Lipinski definition) is 33. The van der Waals surface area contributed by atoms with Crippen LogP contribution in [-0.4, -0.2) is 339 Å². The summed E-state index contributed by atoms with van der Waals surface area (Å²) in [6, 6.07) is 0. The van der Waals surface area contributed by atoms with E-state index in [1.54, 1.807) is 0 Å². The number of ether oxygens (including phenoxy) is 13. The van der Waals surface area contributed by atoms with Crippen LogP contribution < -0.4 is 0 Å². The Kier molecular flexibility index (Phi) is 23.3. The number of carbonyl (C=O) groups excluding carboxylic acids is 1. The van der Waals surface area contributed by atoms with Crippen LogP contribution in [0.25, 0.3) is 0 Å². The van der Waals surface area contributed by atoms with Crippen molar-refractivity contribution in [2.75, 3.05) is 39.6 Å². The number of fused-ring (bicyclic) bond motifs is 7. The highest BCUT2D eigenvalue weighted by Gasteiger charge is 2.71. The lowest BCUT2D eigenvalue weighted by Crippen LogP contribution is -2.68. The number of carbonyl (C=O) groups is 1. The van der Waals surface area contributed by atoms with E-state index in [1.807, 2.05) is 13.8 Å². The van der Waals surface area contributed by atoms with Gasteiger partial charge in [-0.1, -0.05) is 27.7 Å². The molecule has 33 nitrogen and oxygen atoms in total. The fourth-order valence-electron chi connectivity index (χ4n) is 17.9. The third-order valence-corrected chi connectivity index (χ3v) is 23.8. The van der Waals surface area contributed by atoms with E-state index in [4.69, 9.17) is 61.6 Å². The summed E-state index contributed by atoms with van der Waals surface area (Å²) >= 11 is 0. The maximum atomic E-state index is 14.9. The van der Waals surface area contributed by atoms with Gasteiger partial charge in [0, 0.05) is 30.1 Å². The second kappa shape index (κ2) is 29.6. The molecule has 4 aliphatic carbocycles. The third kappa shape index (κ3) is 13.7. The zero-order valence-electron chi connectivity index (χ0n) is 53.8. The standard InChI is InChI=1S/C62H102O33/c1-21(19-83-54-46(78)42(74)39(71)31(15-63)87-54)8-11-62(82)22(2)36-30(95-62)13-28-26-7-6-24-12-25(9-10-60(24,4)27(26)14-35(68)61(28,36)5)86-57-48(80)43(75)50(33(17-65)89-57)91-58-49(81)44(76)51(34(18-66)90-58)92-59-53(94-55-45(77)38(70)29(67)20-84-55)52(40(72)32(16-64)88-59)93-56-47(79)41(73)37(69)23(3)85-56/h21-34,36-59,63-67,69-82H,6-20H2,1-5H3/t21?,22?,23-,24+,25+,26?,27?,28?,29-,30?,31-,32-,33-,34-,36?,37-,38+,39-,40-,41+,42+,43-,44-,45-,46-,47?,48-,49-,50+,51-,52+,53-,54?,55+,56-,57-,58+,59+,60+,61-,62-/m1/s1. The first-order chi connectivity index (χ1) is 44.9. The molecule has 19 N–H and O–H groups in total. The minimum absolute atomic E-state index is 0.0144. The summed E-state index contributed by atoms with van der Waals surface area (Å²) in [6.07, 6.45) is -46.0. The van der Waals surface area contributed by atoms with Crippen LogP contribution in [0.3, 0.4) is 0 Å². The fraction of sp³-hybridized carbons (Fsp3) is 0.984. The van der Waals surface area contributed by atoms with Crippen molar-refractivity contribution in [2.45, 2.75) is 289 Å². The van der Waals surface area contributed by atoms with Crippen LogP contribution in [0.2, 0.25) is 0 Å². The van der Waals surface area contributed by atoms with Gasteiger partial charge in [0.25, 0.3) is 0 Å². The molecule has 0 aromatic rings. The molecular weight excluding hydrogens is 1270 g/mol. The van der Waals surface area contributed by atoms with Gasteiger partial charge in [0.05, 0.1) is 58.0 Å². The first-order valence-corrected chi connectivity index (χ1v) is 33.6. The molecule has 9 unspecified atom stereocenters. The maximum Gasteiger partial charge on any atom is 0.187 e. The second-order valence-electron chi connectivity index (χ2n) is 29.3. The highest BCUT2D eigenvalue weighted by atomic mass is 16.8. The zero-order chi connectivity index (χ0) is 68.8. The first kappa shape index (κ1) is 74.6. The van der Waals surface area contributed by atoms with Gasteiger partial charge in [0.15, 0.2) is 43.5 Å². The van der Waals surface area contributed by atoms with Crippen molar-refractivity contribution >= 4 is 5.78 Å². The average molecular weight is 1380 g/mol. The number of ketones is 1. The van der Waals surface area contributed by atoms with E-state index < -0.39 is 228 Å². The van der Waals surface area contributed by atoms with E-state index in [-0.39, 0.29) is 71.8 Å². The molecule has 11 rings (SSSR count). The van der Waals surface area contributed by atoms with Gasteiger partial charge in [-0.2, -0.15) is 0 Å². The van der Waals surface area contributed by atoms with Crippen molar-refractivity contribution in [2.24, 2.45) is 52.3 Å². The molecule has 7 saturated heterocycles. The predicted octanol–water partition coefficient (Wildman–Crippen LogP) is -7.46. The summed E-state index contributed by atoms with van der Waals surface area (Å²) in [5.41, 5.74) is -1.01. The predicted molar refractivity (Wildman–Crippen MR) is 310 cm³/mol. The van der Waals surface area contributed by atoms with Crippen molar-refractivity contribution in [3.63, 3.8) is 0 Å². The highest BCUT2D eigenvalue weighted by Crippen LogP contribution is 2.70. The Morgan fingerprint density at radius 1 is 0.526 bits per heavy atom. The Bertz CT molecular complexity index is 2530. The molecule has 548 valence electrons. The molecule has 95 heavy (non-hydrogen) atoms. The van der Waals surface area contributed by atoms with E-state index in [2.05, 4.69) is 13.8 Å². The molecule has 33 heteroatoms. The molecule has 0 aromatic heterocycles. The molecule has 7 heterocycles. The Morgan fingerprint density at radius 3 is 1.69 bits per heavy atom. The summed E-state index contributed by atoms with van der Waals surface area (Å²) in [4.78, 5) is 14.9. The van der Waals surface area contributed by atoms with Crippen LogP contribution in [0.1, 0.15) is 92.4 Å². The molecule has 0 bridgehead atoms. The summed E-state index contributed by atoms with van der Waals surface area (Å²) in [5, 5.41) is 206. The molecule has 0 spiro atoms. The molecule has 41 atom stereocenters. The molecule has 11 fully saturated rings. The van der Waals surface area contributed by atoms with E-state index in [0.29, 0.717) is 38.5 Å². The largest absolute Gasteiger partial charge is 0.394 e. The van der Waals surface area contributed by atoms with E-state index in [1.165, 1.54) is 6.92 Å². The minimum Gasteiger partial charge on any atom is -0.394 e. The zero-order valence-corrected chi connectivity index (χ0v) is 53.8. The van der Waals surface area contributed by atoms with Gasteiger partial charge >= 0.3 is 0 Å². The van der Waals surface area contributed by atoms with Gasteiger partial charge in [-0.05, 0) is 86.9 Å². The van der Waals surface area contributed by atoms with Crippen molar-refractivity contribution in [3.8, 4) is 0 Å². The van der Waals surface area contributed by atoms with Crippen LogP contribution in [0.15, 0.2) is 0 Å². The normalized spacial score (nSPS) is 55.3. The molecule has 0 radical (unpaired) electrons. The van der Waals surface area contributed by atoms with Crippen molar-refractivity contribution in [1.82, 2.24) is 0 Å². The van der Waals surface area contributed by atoms with E-state index in [9.17, 15) is 102 Å². The SMILES string of the molecule is CC(CC[C@@]1(O)OC2CC3C4CC[C@H]5C[C@@H](O[C@@H]6O[C@H](CO)[C@H](O[C@@H]7O[C@H](CO)[C@@H](O[C@@H]8O[C@H](CO)[C@@H](O)[C@H](O[C@H]9O[C@H](C)[C@@H](O)[C@H](O)C9O)[C@H]8O[C@@H]8OC[C@@H](O)[C@H](O)[C@H]8O)[C@H](O)[C@H]7O)[C@H](O)[C@H]6O)CC[C@]5(C)C4CC(=O)[C@]3(C)C2C1C)COC1O[C@H](CO)[C@@H](O)[C@H](O)[C@H]1O. The number of rotatable bonds is 20. The van der Waals surface area contributed by atoms with Crippen LogP contribution >= 0.6 is 0 Å². The van der Waals surface area contributed by atoms with Gasteiger partial charge in [-0.25, -0.2) is 0 Å². The topological polar surface area (TPSA) is 521 Å². The maximum absolute atomic E-state index is 14.9. The molecule has 0 amide bonds. The van der Waals surface area contributed by atoms with Crippen molar-refractivity contribution < 1.29 is 163 Å². The lowest BCUT2D eigenvalue weighted by molar-refractivity contribution is -0.405. The minimum atomic E-state index is -2.14. The quantitative estimate of drug-likeness (QED) is 0.0504. The Hall–Kier alpha value is -1.61. The highest BCUT2D eigenvalue weighted by molar-refractivity contribution is 5.87. The first-order valence-electron chi connectivity index (χ1n) is 33.6. The molecular formula is C62H102O33. The van der Waals surface area contributed by atoms with Gasteiger partial charge in [0.2, 0.25) is 0 Å². The Balaban J connectivity index is 0.696. The van der Waals surface area contributed by atoms with Crippen molar-refractivity contribution in [1.29, 1.82) is 0 Å². The molecule has 4 saturated carbocycles. The smallest absolute Gasteiger partial charge is 0.187 e. The number of hydrogen-bond donors (Lipinski definition) is 19. The summed E-state index contributed by atoms with van der Waals surface area (Å²) in [7, 11) is 0. The summed E-state index contributed by atoms with van der Waals surface area (Å²) < 4.78 is 77.3. The number of aliphatic hydroxyl groups excluding tert-OH is 18. The summed E-state index contributed by atoms with van der Waals surface area (Å²) in [5.74, 6) is -1.79. The number of aliphatic hydroxyl groups is 19. The summed E-state index contributed by atoms with van der Waals surface area (Å²) in [6.45, 7) is 5.60. The van der Waals surface area contributed by atoms with E-state index >= 15 is 0 Å². The van der Waals surface area contributed by atoms with E-state index in [0.717, 1.165) is 12.8 Å². The van der Waals surface area contributed by atoms with Crippen molar-refractivity contribution in [3.05, 3.63) is 0 Å². The number of Topliss-reactive ketones (excluding diaryl/α,β-unsaturated/α-hetero) is 1. The van der Waals surface area contributed by atoms with Gasteiger partial charge < -0.3 is 159 Å². The third-order valence-electron chi connectivity index (χ3n) is 23.8. The van der Waals surface area contributed by atoms with Gasteiger partial charge in [0.1, 0.15) is 140 Å². The average Bonchev–Trinajstić information content (AvgIpc) is 1.56. The van der Waals surface area contributed by atoms with Crippen LogP contribution in [0.4, 0.5) is 0 Å². The van der Waals surface area contributed by atoms with Gasteiger partial charge in [-0.3, -0.25) is 4.79 Å². The Morgan fingerprint density at radius 2 is 1.05 bits per heavy atom. The van der Waals surface area contributed by atoms with Crippen LogP contribution in [0, 0.1) is 52.3 Å². The molecule has 11 aliphatic rings. The van der Waals surface area contributed by atoms with Gasteiger partial charge in [-0.15, -0.1) is 0 Å². The lowest BCUT2D eigenvalue weighted by Gasteiger charge is -2.60. The Labute approximate surface area is 548 Å². The molecule has 7 aliphatic heterocycles. The lowest BCUT2D eigenvalue weighted by atomic mass is 9.44. The fourth-order valence-corrected chi connectivity index (χ4v) is 17.9. The molecule has 0 aromatic carbocycles. The second-order valence-corrected chi connectivity index (χ2v) is 29.3. The monoisotopic (exact) mass is 1370 g/mol. The van der Waals surface area contributed by atoms with Crippen LogP contribution in [-0.2, 0) is 66.4 Å². The van der Waals surface area contributed by atoms with Crippen LogP contribution in [0.5, 0.6) is 0 Å².